The average Bonchev–Trinajstić information content (AvgIpc) is 2.71. The summed E-state index contributed by atoms with van der Waals surface area (Å²) in [6.07, 6.45) is 3.38. The van der Waals surface area contributed by atoms with Gasteiger partial charge < -0.3 is 14.7 Å². The van der Waals surface area contributed by atoms with Crippen LogP contribution in [0, 0.1) is 24.2 Å². The van der Waals surface area contributed by atoms with Gasteiger partial charge in [-0.05, 0) is 81.9 Å². The third kappa shape index (κ3) is 6.02. The van der Waals surface area contributed by atoms with Gasteiger partial charge in [0, 0.05) is 18.3 Å². The van der Waals surface area contributed by atoms with Gasteiger partial charge >= 0.3 is 5.97 Å². The van der Waals surface area contributed by atoms with Crippen LogP contribution >= 0.6 is 0 Å². The number of carboxylic acids is 1. The maximum Gasteiger partial charge on any atom is 0.354 e. The Labute approximate surface area is 182 Å². The van der Waals surface area contributed by atoms with Gasteiger partial charge in [0.05, 0.1) is 12.2 Å². The number of rotatable bonds is 7. The van der Waals surface area contributed by atoms with E-state index in [4.69, 9.17) is 9.84 Å². The fraction of sp³-hybridized carbons (Fsp3) is 0.458. The summed E-state index contributed by atoms with van der Waals surface area (Å²) in [6, 6.07) is 9.28. The minimum absolute atomic E-state index is 0.0188. The van der Waals surface area contributed by atoms with Gasteiger partial charge in [0.1, 0.15) is 17.5 Å². The van der Waals surface area contributed by atoms with Gasteiger partial charge in [-0.2, -0.15) is 5.26 Å². The average molecular weight is 426 g/mol. The predicted octanol–water partition coefficient (Wildman–Crippen LogP) is 4.47. The highest BCUT2D eigenvalue weighted by Gasteiger charge is 2.25. The predicted molar refractivity (Wildman–Crippen MR) is 116 cm³/mol. The van der Waals surface area contributed by atoms with Crippen molar-refractivity contribution in [1.82, 2.24) is 9.88 Å². The van der Waals surface area contributed by atoms with Crippen LogP contribution < -0.4 is 4.74 Å². The Morgan fingerprint density at radius 3 is 2.61 bits per heavy atom. The summed E-state index contributed by atoms with van der Waals surface area (Å²) in [5.41, 5.74) is 1.34. The lowest BCUT2D eigenvalue weighted by Crippen LogP contribution is -2.41. The molecule has 1 aromatic carbocycles. The first-order valence-corrected chi connectivity index (χ1v) is 10.4. The van der Waals surface area contributed by atoms with Crippen molar-refractivity contribution in [1.29, 1.82) is 5.26 Å². The number of carboxylic acid groups (broad SMARTS) is 1. The van der Waals surface area contributed by atoms with E-state index in [1.807, 2.05) is 6.07 Å². The van der Waals surface area contributed by atoms with Crippen molar-refractivity contribution in [3.8, 4) is 22.9 Å². The maximum atomic E-state index is 13.8. The van der Waals surface area contributed by atoms with Crippen LogP contribution in [0.4, 0.5) is 4.39 Å². The molecule has 2 heterocycles. The summed E-state index contributed by atoms with van der Waals surface area (Å²) in [5, 5.41) is 18.7. The summed E-state index contributed by atoms with van der Waals surface area (Å²) in [5.74, 6) is -0.157. The quantitative estimate of drug-likeness (QED) is 0.705. The summed E-state index contributed by atoms with van der Waals surface area (Å²) in [7, 11) is 0. The lowest BCUT2D eigenvalue weighted by Gasteiger charge is -2.34. The zero-order chi connectivity index (χ0) is 22.6. The molecule has 0 bridgehead atoms. The van der Waals surface area contributed by atoms with Crippen molar-refractivity contribution in [2.75, 3.05) is 26.2 Å². The van der Waals surface area contributed by atoms with Gasteiger partial charge in [0.15, 0.2) is 5.69 Å². The van der Waals surface area contributed by atoms with Crippen LogP contribution in [0.1, 0.15) is 48.3 Å². The summed E-state index contributed by atoms with van der Waals surface area (Å²) in [6.45, 7) is 7.58. The fourth-order valence-corrected chi connectivity index (χ4v) is 3.93. The van der Waals surface area contributed by atoms with Gasteiger partial charge in [-0.3, -0.25) is 0 Å². The second kappa shape index (κ2) is 9.44. The van der Waals surface area contributed by atoms with Crippen molar-refractivity contribution in [2.45, 2.75) is 39.3 Å². The topological polar surface area (TPSA) is 86.5 Å². The number of hydrogen-bond donors (Lipinski definition) is 1. The highest BCUT2D eigenvalue weighted by molar-refractivity contribution is 5.87. The zero-order valence-corrected chi connectivity index (χ0v) is 18.2. The monoisotopic (exact) mass is 425 g/mol. The Bertz CT molecular complexity index is 987. The number of carbonyl (C=O) groups is 1. The molecule has 0 unspecified atom stereocenters. The molecule has 1 fully saturated rings. The molecule has 0 spiro atoms. The van der Waals surface area contributed by atoms with Crippen molar-refractivity contribution in [3.63, 3.8) is 0 Å². The molecule has 6 nitrogen and oxygen atoms in total. The maximum absolute atomic E-state index is 13.8. The second-order valence-electron chi connectivity index (χ2n) is 8.77. The van der Waals surface area contributed by atoms with Crippen LogP contribution in [0.25, 0.3) is 11.1 Å². The molecule has 1 saturated heterocycles. The van der Waals surface area contributed by atoms with Crippen LogP contribution in [-0.4, -0.2) is 52.9 Å². The number of alkyl halides is 1. The highest BCUT2D eigenvalue weighted by Crippen LogP contribution is 2.28. The molecule has 0 saturated carbocycles. The molecular formula is C24H28FN3O3. The van der Waals surface area contributed by atoms with E-state index < -0.39 is 11.6 Å². The first-order valence-electron chi connectivity index (χ1n) is 10.4. The van der Waals surface area contributed by atoms with Gasteiger partial charge in [-0.1, -0.05) is 6.07 Å². The summed E-state index contributed by atoms with van der Waals surface area (Å²) < 4.78 is 19.8. The van der Waals surface area contributed by atoms with E-state index in [0.29, 0.717) is 35.9 Å². The fourth-order valence-electron chi connectivity index (χ4n) is 3.93. The Morgan fingerprint density at radius 1 is 1.32 bits per heavy atom. The van der Waals surface area contributed by atoms with Gasteiger partial charge in [-0.15, -0.1) is 0 Å². The Kier molecular flexibility index (Phi) is 6.91. The number of benzene rings is 1. The molecule has 1 aliphatic rings. The molecule has 1 aliphatic heterocycles. The molecule has 7 heteroatoms. The van der Waals surface area contributed by atoms with E-state index in [2.05, 4.69) is 16.0 Å². The summed E-state index contributed by atoms with van der Waals surface area (Å²) >= 11 is 0. The van der Waals surface area contributed by atoms with Crippen molar-refractivity contribution in [3.05, 3.63) is 47.3 Å². The number of hydrogen-bond acceptors (Lipinski definition) is 5. The van der Waals surface area contributed by atoms with Gasteiger partial charge in [-0.25, -0.2) is 14.2 Å². The van der Waals surface area contributed by atoms with Crippen molar-refractivity contribution in [2.24, 2.45) is 5.92 Å². The van der Waals surface area contributed by atoms with E-state index in [0.717, 1.165) is 37.1 Å². The van der Waals surface area contributed by atoms with Crippen LogP contribution in [-0.2, 0) is 0 Å². The lowest BCUT2D eigenvalue weighted by atomic mass is 9.96. The van der Waals surface area contributed by atoms with E-state index in [-0.39, 0.29) is 5.69 Å². The smallest absolute Gasteiger partial charge is 0.354 e. The molecular weight excluding hydrogens is 397 g/mol. The molecule has 3 rings (SSSR count). The Morgan fingerprint density at radius 2 is 2.03 bits per heavy atom. The molecule has 2 aromatic rings. The number of likely N-dealkylation sites (tertiary alicyclic amines) is 1. The number of pyridine rings is 1. The van der Waals surface area contributed by atoms with E-state index in [9.17, 15) is 14.4 Å². The minimum Gasteiger partial charge on any atom is -0.492 e. The standard InChI is InChI=1S/C24H28FN3O3/c1-16-10-20(13-27-22(16)23(29)30)18-4-5-21(19(11-18)12-26)31-14-17-6-8-28(9-7-17)15-24(2,3)25/h4-5,10-11,13,17H,6-9,14-15H2,1-3H3,(H,29,30). The molecule has 0 radical (unpaired) electrons. The number of aromatic carboxylic acids is 1. The third-order valence-electron chi connectivity index (χ3n) is 5.50. The molecule has 1 N–H and O–H groups in total. The summed E-state index contributed by atoms with van der Waals surface area (Å²) in [4.78, 5) is 17.3. The number of halogens is 1. The number of aryl methyl sites for hydroxylation is 1. The van der Waals surface area contributed by atoms with Crippen LogP contribution in [0.15, 0.2) is 30.5 Å². The molecule has 31 heavy (non-hydrogen) atoms. The first kappa shape index (κ1) is 22.7. The second-order valence-corrected chi connectivity index (χ2v) is 8.77. The van der Waals surface area contributed by atoms with Crippen molar-refractivity contribution < 1.29 is 19.0 Å². The Balaban J connectivity index is 1.63. The van der Waals surface area contributed by atoms with Crippen LogP contribution in [0.2, 0.25) is 0 Å². The van der Waals surface area contributed by atoms with E-state index in [1.54, 1.807) is 39.0 Å². The highest BCUT2D eigenvalue weighted by atomic mass is 19.1. The number of nitriles is 1. The molecule has 0 atom stereocenters. The van der Waals surface area contributed by atoms with Gasteiger partial charge in [0.2, 0.25) is 0 Å². The number of nitrogens with zero attached hydrogens (tertiary/aromatic N) is 3. The van der Waals surface area contributed by atoms with Crippen LogP contribution in [0.3, 0.4) is 0 Å². The van der Waals surface area contributed by atoms with E-state index in [1.165, 1.54) is 6.20 Å². The number of aromatic nitrogens is 1. The first-order chi connectivity index (χ1) is 14.7. The van der Waals surface area contributed by atoms with Gasteiger partial charge in [0.25, 0.3) is 0 Å². The third-order valence-corrected chi connectivity index (χ3v) is 5.50. The molecule has 1 aromatic heterocycles. The zero-order valence-electron chi connectivity index (χ0n) is 18.2. The minimum atomic E-state index is -1.19. The normalized spacial score (nSPS) is 15.5. The van der Waals surface area contributed by atoms with Crippen LogP contribution in [0.5, 0.6) is 5.75 Å². The lowest BCUT2D eigenvalue weighted by molar-refractivity contribution is 0.0689. The molecule has 0 amide bonds. The molecule has 164 valence electrons. The molecule has 0 aliphatic carbocycles. The number of ether oxygens (including phenoxy) is 1. The SMILES string of the molecule is Cc1cc(-c2ccc(OCC3CCN(CC(C)(C)F)CC3)c(C#N)c2)cnc1C(=O)O. The number of piperidine rings is 1. The Hall–Kier alpha value is -2.98. The van der Waals surface area contributed by atoms with E-state index >= 15 is 0 Å². The largest absolute Gasteiger partial charge is 0.492 e. The van der Waals surface area contributed by atoms with Crippen molar-refractivity contribution >= 4 is 5.97 Å².